The number of ketones is 1. The number of carbonyl (C=O) groups is 1. The van der Waals surface area contributed by atoms with Crippen molar-refractivity contribution in [3.63, 3.8) is 0 Å². The molecule has 16 heavy (non-hydrogen) atoms. The number of thiophene rings is 1. The summed E-state index contributed by atoms with van der Waals surface area (Å²) in [6.45, 7) is 3.52. The van der Waals surface area contributed by atoms with Gasteiger partial charge in [-0.2, -0.15) is 0 Å². The maximum Gasteiger partial charge on any atom is 0.262 e. The van der Waals surface area contributed by atoms with Crippen molar-refractivity contribution in [2.24, 2.45) is 0 Å². The van der Waals surface area contributed by atoms with Crippen LogP contribution in [0.15, 0.2) is 22.6 Å². The maximum absolute atomic E-state index is 12.0. The number of fused-ring (bicyclic) bond motifs is 1. The van der Waals surface area contributed by atoms with E-state index >= 15 is 0 Å². The third kappa shape index (κ3) is 1.67. The summed E-state index contributed by atoms with van der Waals surface area (Å²) in [5.74, 6) is 0.0403. The minimum atomic E-state index is -0.436. The van der Waals surface area contributed by atoms with Crippen LogP contribution >= 0.6 is 11.3 Å². The molecule has 84 valence electrons. The zero-order valence-corrected chi connectivity index (χ0v) is 9.95. The van der Waals surface area contributed by atoms with E-state index in [9.17, 15) is 9.59 Å². The lowest BCUT2D eigenvalue weighted by Gasteiger charge is -2.12. The normalized spacial score (nSPS) is 12.9. The van der Waals surface area contributed by atoms with Crippen LogP contribution < -0.4 is 5.56 Å². The second-order valence-corrected chi connectivity index (χ2v) is 4.49. The predicted molar refractivity (Wildman–Crippen MR) is 63.9 cm³/mol. The van der Waals surface area contributed by atoms with Gasteiger partial charge in [-0.15, -0.1) is 11.3 Å². The molecule has 0 radical (unpaired) electrons. The zero-order valence-electron chi connectivity index (χ0n) is 9.14. The van der Waals surface area contributed by atoms with E-state index < -0.39 is 6.04 Å². The highest BCUT2D eigenvalue weighted by molar-refractivity contribution is 7.16. The number of nitrogens with zero attached hydrogens (tertiary/aromatic N) is 2. The van der Waals surface area contributed by atoms with Crippen molar-refractivity contribution in [1.82, 2.24) is 9.55 Å². The second kappa shape index (κ2) is 4.17. The van der Waals surface area contributed by atoms with Crippen molar-refractivity contribution < 1.29 is 4.79 Å². The van der Waals surface area contributed by atoms with E-state index in [-0.39, 0.29) is 11.3 Å². The summed E-state index contributed by atoms with van der Waals surface area (Å²) in [6, 6.07) is 1.31. The molecule has 0 bridgehead atoms. The van der Waals surface area contributed by atoms with E-state index in [4.69, 9.17) is 0 Å². The molecule has 2 aromatic heterocycles. The van der Waals surface area contributed by atoms with Gasteiger partial charge in [-0.25, -0.2) is 4.98 Å². The lowest BCUT2D eigenvalue weighted by molar-refractivity contribution is -0.121. The van der Waals surface area contributed by atoms with E-state index in [1.54, 1.807) is 19.9 Å². The number of carbonyl (C=O) groups excluding carboxylic acids is 1. The first-order valence-electron chi connectivity index (χ1n) is 5.12. The van der Waals surface area contributed by atoms with Crippen molar-refractivity contribution in [3.8, 4) is 0 Å². The number of hydrogen-bond acceptors (Lipinski definition) is 4. The van der Waals surface area contributed by atoms with Crippen molar-refractivity contribution in [1.29, 1.82) is 0 Å². The highest BCUT2D eigenvalue weighted by atomic mass is 32.1. The van der Waals surface area contributed by atoms with Crippen LogP contribution in [0.1, 0.15) is 26.3 Å². The maximum atomic E-state index is 12.0. The summed E-state index contributed by atoms with van der Waals surface area (Å²) in [7, 11) is 0. The Morgan fingerprint density at radius 1 is 1.62 bits per heavy atom. The molecule has 0 aliphatic carbocycles. The van der Waals surface area contributed by atoms with E-state index in [0.29, 0.717) is 11.8 Å². The van der Waals surface area contributed by atoms with E-state index in [1.807, 2.05) is 5.38 Å². The van der Waals surface area contributed by atoms with Gasteiger partial charge >= 0.3 is 0 Å². The largest absolute Gasteiger partial charge is 0.297 e. The molecule has 0 aliphatic heterocycles. The topological polar surface area (TPSA) is 52.0 Å². The molecule has 1 unspecified atom stereocenters. The van der Waals surface area contributed by atoms with Crippen molar-refractivity contribution in [2.75, 3.05) is 0 Å². The fourth-order valence-electron chi connectivity index (χ4n) is 1.60. The Morgan fingerprint density at radius 3 is 3.06 bits per heavy atom. The fraction of sp³-hybridized carbons (Fsp3) is 0.364. The van der Waals surface area contributed by atoms with Gasteiger partial charge in [0.05, 0.1) is 17.8 Å². The van der Waals surface area contributed by atoms with Crippen LogP contribution in [0.5, 0.6) is 0 Å². The first kappa shape index (κ1) is 11.0. The van der Waals surface area contributed by atoms with Gasteiger partial charge in [-0.3, -0.25) is 14.2 Å². The molecular formula is C11H12N2O2S. The number of rotatable bonds is 3. The molecule has 0 saturated carbocycles. The quantitative estimate of drug-likeness (QED) is 0.819. The van der Waals surface area contributed by atoms with Crippen LogP contribution in [0, 0.1) is 0 Å². The summed E-state index contributed by atoms with van der Waals surface area (Å²) in [4.78, 5) is 28.5. The predicted octanol–water partition coefficient (Wildman–Crippen LogP) is 2.00. The molecule has 0 saturated heterocycles. The Bertz CT molecular complexity index is 585. The molecule has 0 aromatic carbocycles. The molecule has 0 spiro atoms. The third-order valence-corrected chi connectivity index (χ3v) is 3.46. The van der Waals surface area contributed by atoms with Gasteiger partial charge in [-0.1, -0.05) is 6.92 Å². The molecule has 5 heteroatoms. The molecular weight excluding hydrogens is 224 g/mol. The molecule has 4 nitrogen and oxygen atoms in total. The minimum Gasteiger partial charge on any atom is -0.297 e. The van der Waals surface area contributed by atoms with Gasteiger partial charge in [0.2, 0.25) is 0 Å². The minimum absolute atomic E-state index is 0.0403. The average Bonchev–Trinajstić information content (AvgIpc) is 2.76. The van der Waals surface area contributed by atoms with Crippen molar-refractivity contribution in [2.45, 2.75) is 26.3 Å². The highest BCUT2D eigenvalue weighted by Crippen LogP contribution is 2.15. The average molecular weight is 236 g/mol. The number of aromatic nitrogens is 2. The van der Waals surface area contributed by atoms with Crippen LogP contribution in [0.25, 0.3) is 10.2 Å². The first-order chi connectivity index (χ1) is 7.65. The fourth-order valence-corrected chi connectivity index (χ4v) is 2.32. The SMILES string of the molecule is CCC(=O)C(C)n1cnc2sccc2c1=O. The lowest BCUT2D eigenvalue weighted by Crippen LogP contribution is -2.27. The molecule has 1 atom stereocenters. The summed E-state index contributed by atoms with van der Waals surface area (Å²) >= 11 is 1.43. The second-order valence-electron chi connectivity index (χ2n) is 3.59. The molecule has 2 heterocycles. The zero-order chi connectivity index (χ0) is 11.7. The Labute approximate surface area is 96.6 Å². The van der Waals surface area contributed by atoms with Gasteiger partial charge in [0, 0.05) is 6.42 Å². The lowest BCUT2D eigenvalue weighted by atomic mass is 10.1. The molecule has 0 aliphatic rings. The summed E-state index contributed by atoms with van der Waals surface area (Å²) < 4.78 is 1.40. The van der Waals surface area contributed by atoms with Gasteiger partial charge < -0.3 is 0 Å². The Morgan fingerprint density at radius 2 is 2.38 bits per heavy atom. The van der Waals surface area contributed by atoms with Crippen LogP contribution in [0.4, 0.5) is 0 Å². The first-order valence-corrected chi connectivity index (χ1v) is 6.00. The van der Waals surface area contributed by atoms with Crippen LogP contribution in [0.2, 0.25) is 0 Å². The van der Waals surface area contributed by atoms with E-state index in [2.05, 4.69) is 4.98 Å². The van der Waals surface area contributed by atoms with Gasteiger partial charge in [0.25, 0.3) is 5.56 Å². The van der Waals surface area contributed by atoms with Crippen molar-refractivity contribution in [3.05, 3.63) is 28.1 Å². The molecule has 2 aromatic rings. The standard InChI is InChI=1S/C11H12N2O2S/c1-3-9(14)7(2)13-6-12-10-8(11(13)15)4-5-16-10/h4-7H,3H2,1-2H3. The molecule has 2 rings (SSSR count). The van der Waals surface area contributed by atoms with Crippen LogP contribution in [-0.2, 0) is 4.79 Å². The summed E-state index contributed by atoms with van der Waals surface area (Å²) in [5.41, 5.74) is -0.138. The van der Waals surface area contributed by atoms with Crippen LogP contribution in [-0.4, -0.2) is 15.3 Å². The molecule has 0 amide bonds. The van der Waals surface area contributed by atoms with E-state index in [0.717, 1.165) is 4.83 Å². The Hall–Kier alpha value is -1.49. The summed E-state index contributed by atoms with van der Waals surface area (Å²) in [5, 5.41) is 2.42. The van der Waals surface area contributed by atoms with E-state index in [1.165, 1.54) is 22.2 Å². The number of Topliss-reactive ketones (excluding diaryl/α,β-unsaturated/α-hetero) is 1. The monoisotopic (exact) mass is 236 g/mol. The Balaban J connectivity index is 2.57. The van der Waals surface area contributed by atoms with Gasteiger partial charge in [0.15, 0.2) is 5.78 Å². The molecule has 0 fully saturated rings. The van der Waals surface area contributed by atoms with Gasteiger partial charge in [-0.05, 0) is 18.4 Å². The Kier molecular flexibility index (Phi) is 2.87. The highest BCUT2D eigenvalue weighted by Gasteiger charge is 2.15. The third-order valence-electron chi connectivity index (χ3n) is 2.64. The molecule has 0 N–H and O–H groups in total. The van der Waals surface area contributed by atoms with Crippen molar-refractivity contribution >= 4 is 27.3 Å². The smallest absolute Gasteiger partial charge is 0.262 e. The summed E-state index contributed by atoms with van der Waals surface area (Å²) in [6.07, 6.45) is 1.88. The van der Waals surface area contributed by atoms with Crippen LogP contribution in [0.3, 0.4) is 0 Å². The van der Waals surface area contributed by atoms with Gasteiger partial charge in [0.1, 0.15) is 4.83 Å². The number of hydrogen-bond donors (Lipinski definition) is 0.